The largest absolute Gasteiger partial charge is 0.479 e. The highest BCUT2D eigenvalue weighted by Gasteiger charge is 2.43. The molecule has 74 valence electrons. The summed E-state index contributed by atoms with van der Waals surface area (Å²) < 4.78 is 0. The van der Waals surface area contributed by atoms with Crippen LogP contribution in [0, 0.1) is 0 Å². The number of aliphatic carboxylic acids is 1. The summed E-state index contributed by atoms with van der Waals surface area (Å²) in [7, 11) is 0. The normalized spacial score (nSPS) is 26.3. The van der Waals surface area contributed by atoms with Gasteiger partial charge in [-0.2, -0.15) is 0 Å². The number of thioether (sulfide) groups is 1. The molecule has 3 nitrogen and oxygen atoms in total. The van der Waals surface area contributed by atoms with E-state index in [2.05, 4.69) is 5.32 Å². The molecule has 1 unspecified atom stereocenters. The highest BCUT2D eigenvalue weighted by molar-refractivity contribution is 8.01. The summed E-state index contributed by atoms with van der Waals surface area (Å²) in [6.07, 6.45) is 0. The summed E-state index contributed by atoms with van der Waals surface area (Å²) in [6.45, 7) is 0.742. The number of carboxylic acid groups (broad SMARTS) is 1. The molecule has 0 amide bonds. The first-order valence-corrected chi connectivity index (χ1v) is 5.42. The SMILES string of the molecule is O=C(O)C1(c2ccccc2)NCCS1. The van der Waals surface area contributed by atoms with Crippen molar-refractivity contribution in [2.24, 2.45) is 0 Å². The number of nitrogens with one attached hydrogen (secondary N) is 1. The van der Waals surface area contributed by atoms with Crippen molar-refractivity contribution < 1.29 is 9.90 Å². The lowest BCUT2D eigenvalue weighted by atomic mass is 10.1. The second-order valence-corrected chi connectivity index (χ2v) is 4.44. The van der Waals surface area contributed by atoms with Crippen LogP contribution in [0.15, 0.2) is 30.3 Å². The first-order chi connectivity index (χ1) is 6.76. The van der Waals surface area contributed by atoms with Gasteiger partial charge in [0.2, 0.25) is 0 Å². The van der Waals surface area contributed by atoms with Gasteiger partial charge >= 0.3 is 5.97 Å². The summed E-state index contributed by atoms with van der Waals surface area (Å²) in [4.78, 5) is 10.3. The minimum Gasteiger partial charge on any atom is -0.479 e. The van der Waals surface area contributed by atoms with Crippen molar-refractivity contribution in [2.75, 3.05) is 12.3 Å². The lowest BCUT2D eigenvalue weighted by Crippen LogP contribution is -2.42. The Hall–Kier alpha value is -1.00. The predicted octanol–water partition coefficient (Wildman–Crippen LogP) is 1.26. The maximum Gasteiger partial charge on any atom is 0.339 e. The minimum atomic E-state index is -0.929. The second kappa shape index (κ2) is 3.63. The van der Waals surface area contributed by atoms with Crippen molar-refractivity contribution in [1.82, 2.24) is 5.32 Å². The molecule has 1 aromatic carbocycles. The molecule has 2 rings (SSSR count). The van der Waals surface area contributed by atoms with E-state index >= 15 is 0 Å². The molecule has 1 aliphatic heterocycles. The van der Waals surface area contributed by atoms with Gasteiger partial charge in [-0.1, -0.05) is 30.3 Å². The van der Waals surface area contributed by atoms with Gasteiger partial charge in [-0.05, 0) is 5.56 Å². The molecule has 2 N–H and O–H groups in total. The van der Waals surface area contributed by atoms with Crippen LogP contribution in [0.2, 0.25) is 0 Å². The van der Waals surface area contributed by atoms with E-state index in [1.807, 2.05) is 30.3 Å². The highest BCUT2D eigenvalue weighted by Crippen LogP contribution is 2.37. The fourth-order valence-electron chi connectivity index (χ4n) is 1.60. The van der Waals surface area contributed by atoms with Gasteiger partial charge in [-0.3, -0.25) is 5.32 Å². The second-order valence-electron chi connectivity index (χ2n) is 3.13. The molecule has 0 spiro atoms. The van der Waals surface area contributed by atoms with Gasteiger partial charge in [0.05, 0.1) is 0 Å². The van der Waals surface area contributed by atoms with Crippen LogP contribution in [0.5, 0.6) is 0 Å². The van der Waals surface area contributed by atoms with E-state index in [4.69, 9.17) is 0 Å². The van der Waals surface area contributed by atoms with Crippen molar-refractivity contribution in [2.45, 2.75) is 4.87 Å². The molecule has 1 atom stereocenters. The van der Waals surface area contributed by atoms with Crippen LogP contribution in [-0.2, 0) is 9.67 Å². The Kier molecular flexibility index (Phi) is 2.48. The van der Waals surface area contributed by atoms with E-state index in [0.29, 0.717) is 0 Å². The highest BCUT2D eigenvalue weighted by atomic mass is 32.2. The first-order valence-electron chi connectivity index (χ1n) is 4.43. The zero-order valence-corrected chi connectivity index (χ0v) is 8.38. The van der Waals surface area contributed by atoms with E-state index < -0.39 is 10.8 Å². The zero-order chi connectivity index (χ0) is 10.0. The van der Waals surface area contributed by atoms with Crippen LogP contribution in [0.4, 0.5) is 0 Å². The van der Waals surface area contributed by atoms with Gasteiger partial charge in [0.15, 0.2) is 4.87 Å². The van der Waals surface area contributed by atoms with E-state index in [9.17, 15) is 9.90 Å². The lowest BCUT2D eigenvalue weighted by Gasteiger charge is -2.23. The molecule has 0 aliphatic carbocycles. The van der Waals surface area contributed by atoms with Gasteiger partial charge < -0.3 is 5.11 Å². The third kappa shape index (κ3) is 1.40. The molecule has 1 aliphatic rings. The third-order valence-electron chi connectivity index (χ3n) is 2.28. The summed E-state index contributed by atoms with van der Waals surface area (Å²) in [5, 5.41) is 12.3. The van der Waals surface area contributed by atoms with Gasteiger partial charge in [-0.15, -0.1) is 11.8 Å². The summed E-state index contributed by atoms with van der Waals surface area (Å²) in [6, 6.07) is 9.30. The van der Waals surface area contributed by atoms with Crippen LogP contribution in [0.1, 0.15) is 5.56 Å². The van der Waals surface area contributed by atoms with E-state index in [1.54, 1.807) is 0 Å². The van der Waals surface area contributed by atoms with Crippen LogP contribution in [0.3, 0.4) is 0 Å². The average molecular weight is 209 g/mol. The quantitative estimate of drug-likeness (QED) is 0.770. The maximum atomic E-state index is 11.2. The molecule has 14 heavy (non-hydrogen) atoms. The predicted molar refractivity (Wildman–Crippen MR) is 56.2 cm³/mol. The summed E-state index contributed by atoms with van der Waals surface area (Å²) >= 11 is 1.44. The number of hydrogen-bond acceptors (Lipinski definition) is 3. The Morgan fingerprint density at radius 1 is 1.43 bits per heavy atom. The Balaban J connectivity index is 2.42. The molecule has 1 fully saturated rings. The van der Waals surface area contributed by atoms with Crippen molar-refractivity contribution >= 4 is 17.7 Å². The number of carboxylic acids is 1. The van der Waals surface area contributed by atoms with Gasteiger partial charge in [0.25, 0.3) is 0 Å². The topological polar surface area (TPSA) is 49.3 Å². The number of carbonyl (C=O) groups is 1. The molecular weight excluding hydrogens is 198 g/mol. The smallest absolute Gasteiger partial charge is 0.339 e. The molecular formula is C10H11NO2S. The van der Waals surface area contributed by atoms with Crippen LogP contribution in [0.25, 0.3) is 0 Å². The van der Waals surface area contributed by atoms with E-state index in [0.717, 1.165) is 17.9 Å². The zero-order valence-electron chi connectivity index (χ0n) is 7.56. The molecule has 1 aromatic rings. The lowest BCUT2D eigenvalue weighted by molar-refractivity contribution is -0.140. The van der Waals surface area contributed by atoms with Crippen LogP contribution < -0.4 is 5.32 Å². The van der Waals surface area contributed by atoms with Gasteiger partial charge in [-0.25, -0.2) is 4.79 Å². The van der Waals surface area contributed by atoms with E-state index in [1.165, 1.54) is 11.8 Å². The number of rotatable bonds is 2. The molecule has 4 heteroatoms. The monoisotopic (exact) mass is 209 g/mol. The molecule has 0 radical (unpaired) electrons. The Labute approximate surface area is 86.5 Å². The Morgan fingerprint density at radius 2 is 2.14 bits per heavy atom. The molecule has 0 aromatic heterocycles. The van der Waals surface area contributed by atoms with E-state index in [-0.39, 0.29) is 0 Å². The summed E-state index contributed by atoms with van der Waals surface area (Å²) in [5.74, 6) is 0.0208. The van der Waals surface area contributed by atoms with Crippen LogP contribution >= 0.6 is 11.8 Å². The van der Waals surface area contributed by atoms with Crippen molar-refractivity contribution in [1.29, 1.82) is 0 Å². The molecule has 1 heterocycles. The first kappa shape index (κ1) is 9.55. The van der Waals surface area contributed by atoms with Gasteiger partial charge in [0, 0.05) is 12.3 Å². The van der Waals surface area contributed by atoms with Crippen molar-refractivity contribution in [3.8, 4) is 0 Å². The third-order valence-corrected chi connectivity index (χ3v) is 3.67. The minimum absolute atomic E-state index is 0.742. The summed E-state index contributed by atoms with van der Waals surface area (Å²) in [5.41, 5.74) is 0.815. The fraction of sp³-hybridized carbons (Fsp3) is 0.300. The Bertz CT molecular complexity index is 333. The molecule has 1 saturated heterocycles. The Morgan fingerprint density at radius 3 is 2.64 bits per heavy atom. The average Bonchev–Trinajstić information content (AvgIpc) is 2.69. The van der Waals surface area contributed by atoms with Crippen molar-refractivity contribution in [3.63, 3.8) is 0 Å². The van der Waals surface area contributed by atoms with Gasteiger partial charge in [0.1, 0.15) is 0 Å². The molecule has 0 saturated carbocycles. The molecule has 0 bridgehead atoms. The van der Waals surface area contributed by atoms with Crippen LogP contribution in [-0.4, -0.2) is 23.4 Å². The maximum absolute atomic E-state index is 11.2. The number of hydrogen-bond donors (Lipinski definition) is 2. The standard InChI is InChI=1S/C10H11NO2S/c12-9(13)10(11-6-7-14-10)8-4-2-1-3-5-8/h1-5,11H,6-7H2,(H,12,13). The number of benzene rings is 1. The fourth-order valence-corrected chi connectivity index (χ4v) is 2.74. The van der Waals surface area contributed by atoms with Crippen molar-refractivity contribution in [3.05, 3.63) is 35.9 Å².